The molecule has 0 heterocycles. The molecule has 1 aromatic carbocycles. The molecule has 1 atom stereocenters. The molecule has 5 nitrogen and oxygen atoms in total. The van der Waals surface area contributed by atoms with Crippen LogP contribution in [0.2, 0.25) is 0 Å². The van der Waals surface area contributed by atoms with Crippen LogP contribution < -0.4 is 16.8 Å². The van der Waals surface area contributed by atoms with E-state index < -0.39 is 11.9 Å². The Hall–Kier alpha value is -1.72. The number of nitrogens with two attached hydrogens (primary N) is 2. The molecule has 0 unspecified atom stereocenters. The van der Waals surface area contributed by atoms with Crippen LogP contribution in [0.3, 0.4) is 0 Å². The Morgan fingerprint density at radius 3 is 2.48 bits per heavy atom. The van der Waals surface area contributed by atoms with E-state index in [0.29, 0.717) is 25.8 Å². The van der Waals surface area contributed by atoms with Gasteiger partial charge >= 0.3 is 0 Å². The Balaban J connectivity index is 2.19. The summed E-state index contributed by atoms with van der Waals surface area (Å²) in [5.74, 6) is -0.651. The van der Waals surface area contributed by atoms with Crippen LogP contribution in [0.5, 0.6) is 0 Å². The number of imide groups is 1. The van der Waals surface area contributed by atoms with Crippen molar-refractivity contribution >= 4 is 11.8 Å². The lowest BCUT2D eigenvalue weighted by Crippen LogP contribution is -2.43. The molecule has 0 aliphatic heterocycles. The van der Waals surface area contributed by atoms with Gasteiger partial charge in [-0.25, -0.2) is 0 Å². The highest BCUT2D eigenvalue weighted by atomic mass is 16.2. The normalized spacial score (nSPS) is 11.9. The van der Waals surface area contributed by atoms with Crippen molar-refractivity contribution in [1.82, 2.24) is 5.32 Å². The van der Waals surface area contributed by atoms with E-state index >= 15 is 0 Å². The molecule has 1 aromatic rings. The molecule has 1 rings (SSSR count). The molecule has 0 saturated heterocycles. The number of carbonyl (C=O) groups excluding carboxylic acids is 2. The molecular weight excluding hydrogens is 266 g/mol. The number of benzene rings is 1. The number of aryl methyl sites for hydroxylation is 1. The zero-order chi connectivity index (χ0) is 15.5. The van der Waals surface area contributed by atoms with Gasteiger partial charge in [0.1, 0.15) is 0 Å². The highest BCUT2D eigenvalue weighted by molar-refractivity contribution is 5.97. The molecule has 0 aliphatic rings. The maximum absolute atomic E-state index is 11.7. The Labute approximate surface area is 126 Å². The molecular formula is C16H25N3O2. The first-order valence-corrected chi connectivity index (χ1v) is 7.46. The quantitative estimate of drug-likeness (QED) is 0.593. The molecule has 0 aliphatic carbocycles. The van der Waals surface area contributed by atoms with Crippen molar-refractivity contribution in [1.29, 1.82) is 0 Å². The highest BCUT2D eigenvalue weighted by Gasteiger charge is 2.15. The van der Waals surface area contributed by atoms with E-state index in [1.165, 1.54) is 5.56 Å². The number of amides is 2. The molecule has 21 heavy (non-hydrogen) atoms. The lowest BCUT2D eigenvalue weighted by molar-refractivity contribution is -0.131. The fraction of sp³-hybridized carbons (Fsp3) is 0.500. The smallest absolute Gasteiger partial charge is 0.243 e. The Kier molecular flexibility index (Phi) is 8.31. The topological polar surface area (TPSA) is 98.2 Å². The molecule has 5 N–H and O–H groups in total. The van der Waals surface area contributed by atoms with E-state index in [1.54, 1.807) is 0 Å². The van der Waals surface area contributed by atoms with Gasteiger partial charge in [-0.05, 0) is 37.8 Å². The van der Waals surface area contributed by atoms with E-state index in [4.69, 9.17) is 11.5 Å². The minimum Gasteiger partial charge on any atom is -0.330 e. The molecule has 0 radical (unpaired) electrons. The first-order valence-electron chi connectivity index (χ1n) is 7.46. The summed E-state index contributed by atoms with van der Waals surface area (Å²) in [7, 11) is 0. The summed E-state index contributed by atoms with van der Waals surface area (Å²) in [6.07, 6.45) is 4.06. The van der Waals surface area contributed by atoms with Gasteiger partial charge in [-0.1, -0.05) is 36.8 Å². The van der Waals surface area contributed by atoms with Crippen molar-refractivity contribution in [2.45, 2.75) is 44.6 Å². The number of hydrogen-bond donors (Lipinski definition) is 3. The van der Waals surface area contributed by atoms with Gasteiger partial charge in [0.25, 0.3) is 0 Å². The second kappa shape index (κ2) is 10.1. The zero-order valence-corrected chi connectivity index (χ0v) is 12.4. The van der Waals surface area contributed by atoms with Crippen LogP contribution in [0.25, 0.3) is 0 Å². The third-order valence-corrected chi connectivity index (χ3v) is 3.28. The molecule has 0 fully saturated rings. The minimum absolute atomic E-state index is 0.259. The molecule has 5 heteroatoms. The van der Waals surface area contributed by atoms with E-state index in [0.717, 1.165) is 19.3 Å². The fourth-order valence-electron chi connectivity index (χ4n) is 2.03. The summed E-state index contributed by atoms with van der Waals surface area (Å²) < 4.78 is 0. The van der Waals surface area contributed by atoms with Crippen LogP contribution in [-0.4, -0.2) is 24.4 Å². The first kappa shape index (κ1) is 17.3. The van der Waals surface area contributed by atoms with Crippen molar-refractivity contribution in [3.05, 3.63) is 35.9 Å². The summed E-state index contributed by atoms with van der Waals surface area (Å²) >= 11 is 0. The third-order valence-electron chi connectivity index (χ3n) is 3.28. The number of unbranched alkanes of at least 4 members (excludes halogenated alkanes) is 1. The number of carbonyl (C=O) groups is 2. The van der Waals surface area contributed by atoms with Crippen LogP contribution in [0.4, 0.5) is 0 Å². The van der Waals surface area contributed by atoms with E-state index in [2.05, 4.69) is 5.32 Å². The maximum Gasteiger partial charge on any atom is 0.243 e. The van der Waals surface area contributed by atoms with Crippen molar-refractivity contribution in [3.63, 3.8) is 0 Å². The van der Waals surface area contributed by atoms with Crippen molar-refractivity contribution < 1.29 is 9.59 Å². The largest absolute Gasteiger partial charge is 0.330 e. The summed E-state index contributed by atoms with van der Waals surface area (Å²) in [5, 5.41) is 2.36. The van der Waals surface area contributed by atoms with Crippen LogP contribution in [0.15, 0.2) is 30.3 Å². The van der Waals surface area contributed by atoms with E-state index in [-0.39, 0.29) is 5.91 Å². The van der Waals surface area contributed by atoms with Crippen molar-refractivity contribution in [2.24, 2.45) is 11.5 Å². The predicted octanol–water partition coefficient (Wildman–Crippen LogP) is 1.11. The van der Waals surface area contributed by atoms with E-state index in [1.807, 2.05) is 30.3 Å². The van der Waals surface area contributed by atoms with Crippen LogP contribution in [0.1, 0.15) is 37.7 Å². The maximum atomic E-state index is 11.7. The average Bonchev–Trinajstić information content (AvgIpc) is 2.48. The monoisotopic (exact) mass is 291 g/mol. The third kappa shape index (κ3) is 7.58. The van der Waals surface area contributed by atoms with Crippen molar-refractivity contribution in [3.8, 4) is 0 Å². The number of hydrogen-bond acceptors (Lipinski definition) is 4. The summed E-state index contributed by atoms with van der Waals surface area (Å²) in [6.45, 7) is 0.590. The Morgan fingerprint density at radius 1 is 1.10 bits per heavy atom. The van der Waals surface area contributed by atoms with Crippen molar-refractivity contribution in [2.75, 3.05) is 6.54 Å². The van der Waals surface area contributed by atoms with Crippen LogP contribution in [0, 0.1) is 0 Å². The molecule has 0 saturated carbocycles. The van der Waals surface area contributed by atoms with E-state index in [9.17, 15) is 9.59 Å². The highest BCUT2D eigenvalue weighted by Crippen LogP contribution is 2.04. The summed E-state index contributed by atoms with van der Waals surface area (Å²) in [4.78, 5) is 23.4. The van der Waals surface area contributed by atoms with Gasteiger partial charge in [-0.2, -0.15) is 0 Å². The zero-order valence-electron chi connectivity index (χ0n) is 12.4. The molecule has 0 aromatic heterocycles. The number of nitrogens with one attached hydrogen (secondary N) is 1. The van der Waals surface area contributed by atoms with Gasteiger partial charge in [0.2, 0.25) is 11.8 Å². The fourth-order valence-corrected chi connectivity index (χ4v) is 2.03. The van der Waals surface area contributed by atoms with Crippen LogP contribution in [-0.2, 0) is 16.0 Å². The second-order valence-corrected chi connectivity index (χ2v) is 5.14. The number of rotatable bonds is 9. The molecule has 116 valence electrons. The molecule has 0 spiro atoms. The second-order valence-electron chi connectivity index (χ2n) is 5.14. The Bertz CT molecular complexity index is 434. The van der Waals surface area contributed by atoms with Gasteiger partial charge in [0, 0.05) is 6.42 Å². The van der Waals surface area contributed by atoms with Gasteiger partial charge < -0.3 is 11.5 Å². The van der Waals surface area contributed by atoms with Crippen LogP contribution >= 0.6 is 0 Å². The van der Waals surface area contributed by atoms with Gasteiger partial charge in [-0.15, -0.1) is 0 Å². The minimum atomic E-state index is -0.630. The summed E-state index contributed by atoms with van der Waals surface area (Å²) in [5.41, 5.74) is 12.3. The molecule has 2 amide bonds. The average molecular weight is 291 g/mol. The lowest BCUT2D eigenvalue weighted by Gasteiger charge is -2.11. The Morgan fingerprint density at radius 2 is 1.81 bits per heavy atom. The standard InChI is InChI=1S/C16H25N3O2/c17-12-5-4-10-14(18)16(21)19-15(20)11-6-9-13-7-2-1-3-8-13/h1-3,7-8,14H,4-6,9-12,17-18H2,(H,19,20,21)/t14-/m0/s1. The lowest BCUT2D eigenvalue weighted by atomic mass is 10.1. The van der Waals surface area contributed by atoms with Gasteiger partial charge in [0.15, 0.2) is 0 Å². The van der Waals surface area contributed by atoms with Gasteiger partial charge in [0.05, 0.1) is 6.04 Å². The summed E-state index contributed by atoms with van der Waals surface area (Å²) in [6, 6.07) is 9.32. The molecule has 0 bridgehead atoms. The first-order chi connectivity index (χ1) is 10.1. The van der Waals surface area contributed by atoms with Gasteiger partial charge in [-0.3, -0.25) is 14.9 Å². The predicted molar refractivity (Wildman–Crippen MR) is 83.4 cm³/mol. The SMILES string of the molecule is NCCCC[C@H](N)C(=O)NC(=O)CCCc1ccccc1.